The molecule has 0 saturated heterocycles. The number of nitrogens with zero attached hydrogens (tertiary/aromatic N) is 1. The Kier molecular flexibility index (Phi) is 3.66. The van der Waals surface area contributed by atoms with E-state index in [0.29, 0.717) is 6.61 Å². The van der Waals surface area contributed by atoms with E-state index in [9.17, 15) is 0 Å². The Morgan fingerprint density at radius 3 is 2.75 bits per heavy atom. The quantitative estimate of drug-likeness (QED) is 0.498. The number of ether oxygens (including phenoxy) is 1. The summed E-state index contributed by atoms with van der Waals surface area (Å²) in [5.74, 6) is 5.34. The van der Waals surface area contributed by atoms with Gasteiger partial charge in [0.05, 0.1) is 12.6 Å². The zero-order chi connectivity index (χ0) is 8.81. The van der Waals surface area contributed by atoms with Gasteiger partial charge in [0.25, 0.3) is 0 Å². The second-order valence-corrected chi connectivity index (χ2v) is 2.46. The summed E-state index contributed by atoms with van der Waals surface area (Å²) in [4.78, 5) is 3.91. The van der Waals surface area contributed by atoms with Gasteiger partial charge in [0.1, 0.15) is 0 Å². The molecule has 1 heterocycles. The van der Waals surface area contributed by atoms with Gasteiger partial charge in [-0.2, -0.15) is 0 Å². The number of rotatable bonds is 4. The SMILES string of the molecule is COCC(NN)c1ccncc1. The summed E-state index contributed by atoms with van der Waals surface area (Å²) in [7, 11) is 1.64. The fraction of sp³-hybridized carbons (Fsp3) is 0.375. The second-order valence-electron chi connectivity index (χ2n) is 2.46. The molecule has 1 unspecified atom stereocenters. The molecule has 0 fully saturated rings. The molecule has 3 N–H and O–H groups in total. The molecule has 4 heteroatoms. The van der Waals surface area contributed by atoms with Gasteiger partial charge >= 0.3 is 0 Å². The van der Waals surface area contributed by atoms with Crippen LogP contribution in [0.5, 0.6) is 0 Å². The highest BCUT2D eigenvalue weighted by Gasteiger charge is 2.07. The van der Waals surface area contributed by atoms with Crippen LogP contribution in [0.4, 0.5) is 0 Å². The van der Waals surface area contributed by atoms with Crippen LogP contribution in [0.15, 0.2) is 24.5 Å². The highest BCUT2D eigenvalue weighted by Crippen LogP contribution is 2.09. The largest absolute Gasteiger partial charge is 0.383 e. The molecule has 0 aliphatic carbocycles. The zero-order valence-electron chi connectivity index (χ0n) is 7.03. The van der Waals surface area contributed by atoms with Crippen molar-refractivity contribution >= 4 is 0 Å². The van der Waals surface area contributed by atoms with Crippen LogP contribution in [0.2, 0.25) is 0 Å². The third kappa shape index (κ3) is 2.27. The molecule has 0 radical (unpaired) electrons. The normalized spacial score (nSPS) is 12.8. The molecular weight excluding hydrogens is 154 g/mol. The van der Waals surface area contributed by atoms with Gasteiger partial charge in [-0.25, -0.2) is 0 Å². The van der Waals surface area contributed by atoms with Crippen molar-refractivity contribution in [1.29, 1.82) is 0 Å². The lowest BCUT2D eigenvalue weighted by molar-refractivity contribution is 0.167. The maximum Gasteiger partial charge on any atom is 0.0694 e. The Morgan fingerprint density at radius 1 is 1.58 bits per heavy atom. The van der Waals surface area contributed by atoms with Crippen molar-refractivity contribution in [3.05, 3.63) is 30.1 Å². The topological polar surface area (TPSA) is 60.2 Å². The van der Waals surface area contributed by atoms with E-state index in [-0.39, 0.29) is 6.04 Å². The summed E-state index contributed by atoms with van der Waals surface area (Å²) in [6, 6.07) is 3.85. The molecule has 1 rings (SSSR count). The van der Waals surface area contributed by atoms with Crippen LogP contribution in [0, 0.1) is 0 Å². The molecule has 0 saturated carbocycles. The van der Waals surface area contributed by atoms with Gasteiger partial charge in [-0.3, -0.25) is 16.3 Å². The van der Waals surface area contributed by atoms with Gasteiger partial charge in [-0.1, -0.05) is 0 Å². The van der Waals surface area contributed by atoms with Crippen LogP contribution >= 0.6 is 0 Å². The average Bonchev–Trinajstić information content (AvgIpc) is 2.15. The van der Waals surface area contributed by atoms with Crippen LogP contribution in [0.25, 0.3) is 0 Å². The molecule has 1 atom stereocenters. The fourth-order valence-corrected chi connectivity index (χ4v) is 1.00. The highest BCUT2D eigenvalue weighted by molar-refractivity contribution is 5.14. The van der Waals surface area contributed by atoms with E-state index in [0.717, 1.165) is 5.56 Å². The van der Waals surface area contributed by atoms with E-state index < -0.39 is 0 Å². The minimum atomic E-state index is 0.0398. The summed E-state index contributed by atoms with van der Waals surface area (Å²) < 4.78 is 4.99. The van der Waals surface area contributed by atoms with Gasteiger partial charge in [-0.15, -0.1) is 0 Å². The Bertz CT molecular complexity index is 215. The van der Waals surface area contributed by atoms with Gasteiger partial charge in [0.2, 0.25) is 0 Å². The lowest BCUT2D eigenvalue weighted by Gasteiger charge is -2.14. The first-order valence-corrected chi connectivity index (χ1v) is 3.73. The second kappa shape index (κ2) is 4.82. The molecule has 1 aromatic rings. The smallest absolute Gasteiger partial charge is 0.0694 e. The molecule has 0 amide bonds. The molecular formula is C8H13N3O. The number of methoxy groups -OCH3 is 1. The number of nitrogens with two attached hydrogens (primary N) is 1. The molecule has 12 heavy (non-hydrogen) atoms. The van der Waals surface area contributed by atoms with Crippen LogP contribution in [-0.4, -0.2) is 18.7 Å². The zero-order valence-corrected chi connectivity index (χ0v) is 7.03. The van der Waals surface area contributed by atoms with Crippen LogP contribution in [-0.2, 0) is 4.74 Å². The molecule has 0 aliphatic heterocycles. The van der Waals surface area contributed by atoms with Crippen molar-refractivity contribution in [2.24, 2.45) is 5.84 Å². The first-order chi connectivity index (χ1) is 5.88. The van der Waals surface area contributed by atoms with E-state index in [1.165, 1.54) is 0 Å². The van der Waals surface area contributed by atoms with E-state index in [2.05, 4.69) is 10.4 Å². The number of hydrogen-bond acceptors (Lipinski definition) is 4. The van der Waals surface area contributed by atoms with Crippen LogP contribution in [0.1, 0.15) is 11.6 Å². The minimum Gasteiger partial charge on any atom is -0.383 e. The van der Waals surface area contributed by atoms with Crippen LogP contribution < -0.4 is 11.3 Å². The molecule has 0 bridgehead atoms. The van der Waals surface area contributed by atoms with Crippen LogP contribution in [0.3, 0.4) is 0 Å². The monoisotopic (exact) mass is 167 g/mol. The summed E-state index contributed by atoms with van der Waals surface area (Å²) in [5.41, 5.74) is 3.74. The first-order valence-electron chi connectivity index (χ1n) is 3.73. The number of pyridine rings is 1. The van der Waals surface area contributed by atoms with E-state index in [4.69, 9.17) is 10.6 Å². The van der Waals surface area contributed by atoms with Gasteiger partial charge in [-0.05, 0) is 17.7 Å². The lowest BCUT2D eigenvalue weighted by atomic mass is 10.1. The first kappa shape index (κ1) is 9.12. The maximum absolute atomic E-state index is 5.34. The summed E-state index contributed by atoms with van der Waals surface area (Å²) in [5, 5.41) is 0. The van der Waals surface area contributed by atoms with Crippen molar-refractivity contribution in [3.8, 4) is 0 Å². The molecule has 0 aliphatic rings. The Balaban J connectivity index is 2.66. The minimum absolute atomic E-state index is 0.0398. The standard InChI is InChI=1S/C8H13N3O/c1-12-6-8(11-9)7-2-4-10-5-3-7/h2-5,8,11H,6,9H2,1H3. The number of aromatic nitrogens is 1. The molecule has 0 spiro atoms. The predicted octanol–water partition coefficient (Wildman–Crippen LogP) is 0.232. The Morgan fingerprint density at radius 2 is 2.25 bits per heavy atom. The third-order valence-corrected chi connectivity index (χ3v) is 1.64. The number of hydrogen-bond donors (Lipinski definition) is 2. The van der Waals surface area contributed by atoms with E-state index in [1.54, 1.807) is 19.5 Å². The van der Waals surface area contributed by atoms with Crippen molar-refractivity contribution in [2.45, 2.75) is 6.04 Å². The Labute approximate surface area is 71.7 Å². The molecule has 0 aromatic carbocycles. The maximum atomic E-state index is 5.34. The third-order valence-electron chi connectivity index (χ3n) is 1.64. The highest BCUT2D eigenvalue weighted by atomic mass is 16.5. The lowest BCUT2D eigenvalue weighted by Crippen LogP contribution is -2.31. The summed E-state index contributed by atoms with van der Waals surface area (Å²) >= 11 is 0. The van der Waals surface area contributed by atoms with E-state index >= 15 is 0 Å². The van der Waals surface area contributed by atoms with Crippen molar-refractivity contribution < 1.29 is 4.74 Å². The Hall–Kier alpha value is -0.970. The summed E-state index contributed by atoms with van der Waals surface area (Å²) in [6.45, 7) is 0.556. The van der Waals surface area contributed by atoms with Gasteiger partial charge in [0.15, 0.2) is 0 Å². The van der Waals surface area contributed by atoms with Gasteiger partial charge < -0.3 is 4.74 Å². The van der Waals surface area contributed by atoms with Crippen molar-refractivity contribution in [3.63, 3.8) is 0 Å². The predicted molar refractivity (Wildman–Crippen MR) is 46.2 cm³/mol. The number of nitrogens with one attached hydrogen (secondary N) is 1. The van der Waals surface area contributed by atoms with Gasteiger partial charge in [0, 0.05) is 19.5 Å². The van der Waals surface area contributed by atoms with Crippen molar-refractivity contribution in [1.82, 2.24) is 10.4 Å². The molecule has 4 nitrogen and oxygen atoms in total. The number of hydrazine groups is 1. The molecule has 66 valence electrons. The van der Waals surface area contributed by atoms with Crippen molar-refractivity contribution in [2.75, 3.05) is 13.7 Å². The average molecular weight is 167 g/mol. The molecule has 1 aromatic heterocycles. The van der Waals surface area contributed by atoms with E-state index in [1.807, 2.05) is 12.1 Å². The summed E-state index contributed by atoms with van der Waals surface area (Å²) in [6.07, 6.45) is 3.46. The fourth-order valence-electron chi connectivity index (χ4n) is 1.00.